The van der Waals surface area contributed by atoms with Gasteiger partial charge in [0, 0.05) is 71.5 Å². The van der Waals surface area contributed by atoms with Crippen molar-refractivity contribution < 1.29 is 14.4 Å². The van der Waals surface area contributed by atoms with Gasteiger partial charge in [-0.1, -0.05) is 36.4 Å². The predicted octanol–water partition coefficient (Wildman–Crippen LogP) is 2.96. The average molecular weight is 465 g/mol. The molecule has 0 saturated carbocycles. The highest BCUT2D eigenvalue weighted by molar-refractivity contribution is 6.51. The van der Waals surface area contributed by atoms with E-state index >= 15 is 0 Å². The molecule has 3 amide bonds. The number of fused-ring (bicyclic) bond motifs is 5. The second-order valence-corrected chi connectivity index (χ2v) is 9.94. The highest BCUT2D eigenvalue weighted by Crippen LogP contribution is 2.44. The Morgan fingerprint density at radius 1 is 0.857 bits per heavy atom. The lowest BCUT2D eigenvalue weighted by atomic mass is 9.85. The van der Waals surface area contributed by atoms with Crippen LogP contribution in [0.4, 0.5) is 0 Å². The number of nitrogens with zero attached hydrogens (tertiary/aromatic N) is 3. The molecule has 3 aliphatic rings. The van der Waals surface area contributed by atoms with Crippen LogP contribution in [0.2, 0.25) is 0 Å². The number of aryl methyl sites for hydroxylation is 1. The van der Waals surface area contributed by atoms with Crippen molar-refractivity contribution in [2.45, 2.75) is 13.0 Å². The number of hydrogen-bond donors (Lipinski definition) is 1. The van der Waals surface area contributed by atoms with Crippen molar-refractivity contribution >= 4 is 51.2 Å². The molecule has 1 N–H and O–H groups in total. The fraction of sp³-hybridized carbons (Fsp3) is 0.250. The molecule has 0 spiro atoms. The Bertz CT molecular complexity index is 1620. The molecule has 1 saturated heterocycles. The van der Waals surface area contributed by atoms with Gasteiger partial charge in [0.1, 0.15) is 0 Å². The predicted molar refractivity (Wildman–Crippen MR) is 133 cm³/mol. The summed E-state index contributed by atoms with van der Waals surface area (Å²) < 4.78 is 4.31. The lowest BCUT2D eigenvalue weighted by molar-refractivity contribution is -0.123. The standard InChI is InChI=1S/C28H24N4O3/c1-30-14-20(18-6-2-4-8-21(18)30)25-26(28(35)29-27(25)34)24-19-7-3-5-9-22(19)32-13-17-12-31(15-33)11-16(17)10-23(24)32/h2-9,14-17H,10-13H2,1H3,(H,29,34,35)/t16-,17-/m1/s1. The van der Waals surface area contributed by atoms with E-state index in [0.717, 1.165) is 71.1 Å². The third-order valence-corrected chi connectivity index (χ3v) is 8.05. The fourth-order valence-corrected chi connectivity index (χ4v) is 6.53. The van der Waals surface area contributed by atoms with Gasteiger partial charge in [-0.3, -0.25) is 19.7 Å². The summed E-state index contributed by atoms with van der Waals surface area (Å²) in [5.41, 5.74) is 5.68. The molecule has 2 atom stereocenters. The molecule has 0 unspecified atom stereocenters. The molecule has 0 radical (unpaired) electrons. The molecule has 2 aromatic carbocycles. The summed E-state index contributed by atoms with van der Waals surface area (Å²) in [5.74, 6) is 0.0339. The molecule has 7 nitrogen and oxygen atoms in total. The van der Waals surface area contributed by atoms with Gasteiger partial charge in [-0.25, -0.2) is 0 Å². The quantitative estimate of drug-likeness (QED) is 0.374. The number of benzene rings is 2. The van der Waals surface area contributed by atoms with Crippen molar-refractivity contribution in [2.24, 2.45) is 18.9 Å². The monoisotopic (exact) mass is 464 g/mol. The number of aromatic nitrogens is 2. The van der Waals surface area contributed by atoms with Crippen LogP contribution in [0.1, 0.15) is 16.8 Å². The minimum absolute atomic E-state index is 0.345. The zero-order valence-electron chi connectivity index (χ0n) is 19.3. The molecule has 2 aromatic heterocycles. The Morgan fingerprint density at radius 2 is 1.54 bits per heavy atom. The third kappa shape index (κ3) is 2.75. The maximum absolute atomic E-state index is 13.4. The van der Waals surface area contributed by atoms with E-state index in [-0.39, 0.29) is 11.8 Å². The smallest absolute Gasteiger partial charge is 0.259 e. The molecule has 7 rings (SSSR count). The number of imide groups is 1. The minimum Gasteiger partial charge on any atom is -0.350 e. The van der Waals surface area contributed by atoms with Crippen LogP contribution in [0.3, 0.4) is 0 Å². The maximum atomic E-state index is 13.4. The Kier molecular flexibility index (Phi) is 4.16. The lowest BCUT2D eigenvalue weighted by Crippen LogP contribution is -2.28. The number of nitrogens with one attached hydrogen (secondary N) is 1. The van der Waals surface area contributed by atoms with Crippen molar-refractivity contribution in [3.05, 3.63) is 71.5 Å². The number of carbonyl (C=O) groups is 3. The van der Waals surface area contributed by atoms with Gasteiger partial charge in [-0.15, -0.1) is 0 Å². The second-order valence-electron chi connectivity index (χ2n) is 9.94. The first-order valence-corrected chi connectivity index (χ1v) is 12.0. The van der Waals surface area contributed by atoms with Crippen LogP contribution in [0.5, 0.6) is 0 Å². The summed E-state index contributed by atoms with van der Waals surface area (Å²) >= 11 is 0. The van der Waals surface area contributed by atoms with Gasteiger partial charge in [0.25, 0.3) is 11.8 Å². The third-order valence-electron chi connectivity index (χ3n) is 8.05. The summed E-state index contributed by atoms with van der Waals surface area (Å²) in [4.78, 5) is 40.0. The highest BCUT2D eigenvalue weighted by atomic mass is 16.2. The zero-order valence-corrected chi connectivity index (χ0v) is 19.3. The fourth-order valence-electron chi connectivity index (χ4n) is 6.53. The summed E-state index contributed by atoms with van der Waals surface area (Å²) in [6.45, 7) is 2.30. The summed E-state index contributed by atoms with van der Waals surface area (Å²) in [6.07, 6.45) is 3.65. The van der Waals surface area contributed by atoms with E-state index in [1.165, 1.54) is 0 Å². The number of hydrogen-bond acceptors (Lipinski definition) is 3. The van der Waals surface area contributed by atoms with Gasteiger partial charge in [0.2, 0.25) is 6.41 Å². The zero-order chi connectivity index (χ0) is 23.8. The van der Waals surface area contributed by atoms with Crippen LogP contribution in [0, 0.1) is 11.8 Å². The number of para-hydroxylation sites is 2. The van der Waals surface area contributed by atoms with Crippen molar-refractivity contribution in [3.63, 3.8) is 0 Å². The number of amides is 3. The molecular weight excluding hydrogens is 440 g/mol. The molecular formula is C28H24N4O3. The molecule has 1 fully saturated rings. The van der Waals surface area contributed by atoms with Crippen LogP contribution < -0.4 is 5.32 Å². The molecule has 5 heterocycles. The molecule has 4 aromatic rings. The maximum Gasteiger partial charge on any atom is 0.259 e. The van der Waals surface area contributed by atoms with Gasteiger partial charge in [-0.2, -0.15) is 0 Å². The number of carbonyl (C=O) groups excluding carboxylic acids is 3. The highest BCUT2D eigenvalue weighted by Gasteiger charge is 2.42. The summed E-state index contributed by atoms with van der Waals surface area (Å²) in [7, 11) is 1.95. The minimum atomic E-state index is -0.355. The van der Waals surface area contributed by atoms with Gasteiger partial charge in [0.05, 0.1) is 11.1 Å². The van der Waals surface area contributed by atoms with Crippen molar-refractivity contribution in [1.82, 2.24) is 19.4 Å². The average Bonchev–Trinajstić information content (AvgIpc) is 3.58. The number of rotatable bonds is 3. The molecule has 3 aliphatic heterocycles. The first-order valence-electron chi connectivity index (χ1n) is 12.0. The van der Waals surface area contributed by atoms with Crippen LogP contribution in [-0.2, 0) is 34.4 Å². The van der Waals surface area contributed by atoms with Gasteiger partial charge in [0.15, 0.2) is 0 Å². The van der Waals surface area contributed by atoms with Gasteiger partial charge >= 0.3 is 0 Å². The Morgan fingerprint density at radius 3 is 2.34 bits per heavy atom. The summed E-state index contributed by atoms with van der Waals surface area (Å²) in [5, 5.41) is 4.53. The van der Waals surface area contributed by atoms with Gasteiger partial charge < -0.3 is 14.0 Å². The molecule has 0 bridgehead atoms. The normalized spacial score (nSPS) is 21.7. The van der Waals surface area contributed by atoms with E-state index in [1.807, 2.05) is 65.2 Å². The van der Waals surface area contributed by atoms with E-state index < -0.39 is 0 Å². The first kappa shape index (κ1) is 20.3. The van der Waals surface area contributed by atoms with E-state index in [2.05, 4.69) is 16.0 Å². The molecule has 0 aliphatic carbocycles. The molecule has 174 valence electrons. The SMILES string of the molecule is Cn1cc(C2=C(c3c4n(c5ccccc35)C[C@H]3CN(C=O)C[C@H]3C4)C(=O)NC2=O)c2ccccc21. The molecule has 7 heteroatoms. The number of likely N-dealkylation sites (tertiary alicyclic amines) is 1. The van der Waals surface area contributed by atoms with E-state index in [0.29, 0.717) is 23.0 Å². The van der Waals surface area contributed by atoms with Crippen LogP contribution in [0.15, 0.2) is 54.7 Å². The van der Waals surface area contributed by atoms with Crippen molar-refractivity contribution in [3.8, 4) is 0 Å². The topological polar surface area (TPSA) is 76.3 Å². The van der Waals surface area contributed by atoms with Crippen molar-refractivity contribution in [2.75, 3.05) is 13.1 Å². The Hall–Kier alpha value is -4.13. The van der Waals surface area contributed by atoms with E-state index in [9.17, 15) is 14.4 Å². The first-order chi connectivity index (χ1) is 17.0. The van der Waals surface area contributed by atoms with E-state index in [1.54, 1.807) is 0 Å². The Labute approximate surface area is 201 Å². The largest absolute Gasteiger partial charge is 0.350 e. The van der Waals surface area contributed by atoms with Crippen LogP contribution in [-0.4, -0.2) is 45.3 Å². The van der Waals surface area contributed by atoms with Crippen LogP contribution in [0.25, 0.3) is 33.0 Å². The summed E-state index contributed by atoms with van der Waals surface area (Å²) in [6, 6.07) is 16.1. The second kappa shape index (κ2) is 7.18. The Balaban J connectivity index is 1.51. The van der Waals surface area contributed by atoms with E-state index in [4.69, 9.17) is 0 Å². The van der Waals surface area contributed by atoms with Gasteiger partial charge in [-0.05, 0) is 30.4 Å². The molecule has 35 heavy (non-hydrogen) atoms. The lowest BCUT2D eigenvalue weighted by Gasteiger charge is -2.28. The van der Waals surface area contributed by atoms with Crippen LogP contribution >= 0.6 is 0 Å². The van der Waals surface area contributed by atoms with Crippen molar-refractivity contribution in [1.29, 1.82) is 0 Å².